The van der Waals surface area contributed by atoms with E-state index in [9.17, 15) is 4.79 Å². The van der Waals surface area contributed by atoms with Crippen LogP contribution >= 0.6 is 11.8 Å². The van der Waals surface area contributed by atoms with Crippen LogP contribution in [0.25, 0.3) is 10.9 Å². The standard InChI is InChI=1S/C9H8N4OS/c10-8(14)5-15-9-6-3-1-2-4-7(6)11-13-12-9/h1-4H,5H2,(H2,10,14). The third kappa shape index (κ3) is 2.21. The number of thioether (sulfide) groups is 1. The van der Waals surface area contributed by atoms with Gasteiger partial charge in [0, 0.05) is 5.39 Å². The maximum Gasteiger partial charge on any atom is 0.227 e. The molecular weight excluding hydrogens is 212 g/mol. The monoisotopic (exact) mass is 220 g/mol. The summed E-state index contributed by atoms with van der Waals surface area (Å²) in [6, 6.07) is 7.50. The lowest BCUT2D eigenvalue weighted by atomic mass is 10.2. The molecular formula is C9H8N4OS. The van der Waals surface area contributed by atoms with Crippen molar-refractivity contribution < 1.29 is 4.79 Å². The summed E-state index contributed by atoms with van der Waals surface area (Å²) in [4.78, 5) is 10.6. The Morgan fingerprint density at radius 3 is 2.93 bits per heavy atom. The van der Waals surface area contributed by atoms with Crippen molar-refractivity contribution in [2.24, 2.45) is 5.73 Å². The molecule has 0 saturated heterocycles. The molecule has 5 nitrogen and oxygen atoms in total. The third-order valence-corrected chi connectivity index (χ3v) is 2.78. The molecule has 1 heterocycles. The first-order chi connectivity index (χ1) is 7.27. The van der Waals surface area contributed by atoms with E-state index in [2.05, 4.69) is 15.4 Å². The fourth-order valence-electron chi connectivity index (χ4n) is 1.15. The number of hydrogen-bond acceptors (Lipinski definition) is 5. The van der Waals surface area contributed by atoms with E-state index in [-0.39, 0.29) is 11.7 Å². The smallest absolute Gasteiger partial charge is 0.227 e. The Labute approximate surface area is 90.1 Å². The summed E-state index contributed by atoms with van der Waals surface area (Å²) in [6.45, 7) is 0. The summed E-state index contributed by atoms with van der Waals surface area (Å²) in [6.07, 6.45) is 0. The lowest BCUT2D eigenvalue weighted by Gasteiger charge is -2.00. The molecule has 15 heavy (non-hydrogen) atoms. The van der Waals surface area contributed by atoms with Crippen molar-refractivity contribution in [3.05, 3.63) is 24.3 Å². The van der Waals surface area contributed by atoms with Gasteiger partial charge in [-0.2, -0.15) is 0 Å². The summed E-state index contributed by atoms with van der Waals surface area (Å²) in [7, 11) is 0. The highest BCUT2D eigenvalue weighted by Crippen LogP contribution is 2.22. The van der Waals surface area contributed by atoms with Gasteiger partial charge in [0.1, 0.15) is 5.03 Å². The van der Waals surface area contributed by atoms with Gasteiger partial charge in [0.15, 0.2) is 0 Å². The molecule has 0 radical (unpaired) electrons. The molecule has 0 aliphatic heterocycles. The van der Waals surface area contributed by atoms with Crippen LogP contribution < -0.4 is 5.73 Å². The van der Waals surface area contributed by atoms with Crippen LogP contribution in [0.15, 0.2) is 29.3 Å². The van der Waals surface area contributed by atoms with Crippen LogP contribution in [0.5, 0.6) is 0 Å². The number of primary amides is 1. The van der Waals surface area contributed by atoms with E-state index in [4.69, 9.17) is 5.73 Å². The second-order valence-electron chi connectivity index (χ2n) is 2.87. The SMILES string of the molecule is NC(=O)CSc1nnnc2ccccc12. The van der Waals surface area contributed by atoms with Crippen molar-refractivity contribution in [3.8, 4) is 0 Å². The molecule has 1 aromatic heterocycles. The van der Waals surface area contributed by atoms with Crippen LogP contribution in [0.4, 0.5) is 0 Å². The molecule has 2 N–H and O–H groups in total. The Kier molecular flexibility index (Phi) is 2.77. The Morgan fingerprint density at radius 2 is 2.13 bits per heavy atom. The Morgan fingerprint density at radius 1 is 1.33 bits per heavy atom. The molecule has 0 fully saturated rings. The molecule has 0 aliphatic carbocycles. The Balaban J connectivity index is 2.38. The summed E-state index contributed by atoms with van der Waals surface area (Å²) in [5, 5.41) is 12.9. The quantitative estimate of drug-likeness (QED) is 0.766. The first-order valence-electron chi connectivity index (χ1n) is 4.26. The van der Waals surface area contributed by atoms with Crippen molar-refractivity contribution in [2.75, 3.05) is 5.75 Å². The van der Waals surface area contributed by atoms with Gasteiger partial charge in [-0.15, -0.1) is 10.2 Å². The minimum atomic E-state index is -0.373. The van der Waals surface area contributed by atoms with Gasteiger partial charge in [0.05, 0.1) is 11.3 Å². The largest absolute Gasteiger partial charge is 0.369 e. The van der Waals surface area contributed by atoms with Gasteiger partial charge < -0.3 is 5.73 Å². The second-order valence-corrected chi connectivity index (χ2v) is 3.83. The maximum absolute atomic E-state index is 10.6. The van der Waals surface area contributed by atoms with Crippen molar-refractivity contribution in [1.29, 1.82) is 0 Å². The zero-order valence-electron chi connectivity index (χ0n) is 7.75. The minimum absolute atomic E-state index is 0.197. The number of carbonyl (C=O) groups is 1. The van der Waals surface area contributed by atoms with E-state index in [1.54, 1.807) is 0 Å². The second kappa shape index (κ2) is 4.22. The average molecular weight is 220 g/mol. The molecule has 6 heteroatoms. The molecule has 2 aromatic rings. The van der Waals surface area contributed by atoms with Crippen LogP contribution in [0, 0.1) is 0 Å². The number of nitrogens with two attached hydrogens (primary N) is 1. The first kappa shape index (κ1) is 9.85. The number of hydrogen-bond donors (Lipinski definition) is 1. The zero-order valence-corrected chi connectivity index (χ0v) is 8.57. The Hall–Kier alpha value is -1.69. The highest BCUT2D eigenvalue weighted by atomic mass is 32.2. The minimum Gasteiger partial charge on any atom is -0.369 e. The van der Waals surface area contributed by atoms with Crippen molar-refractivity contribution in [1.82, 2.24) is 15.4 Å². The van der Waals surface area contributed by atoms with Gasteiger partial charge in [-0.3, -0.25) is 4.79 Å². The maximum atomic E-state index is 10.6. The van der Waals surface area contributed by atoms with E-state index in [1.165, 1.54) is 11.8 Å². The van der Waals surface area contributed by atoms with Gasteiger partial charge >= 0.3 is 0 Å². The predicted molar refractivity (Wildman–Crippen MR) is 57.3 cm³/mol. The van der Waals surface area contributed by atoms with Crippen molar-refractivity contribution >= 4 is 28.6 Å². The molecule has 0 atom stereocenters. The highest BCUT2D eigenvalue weighted by Gasteiger charge is 2.05. The number of benzene rings is 1. The molecule has 2 rings (SSSR count). The molecule has 76 valence electrons. The number of aromatic nitrogens is 3. The zero-order chi connectivity index (χ0) is 10.7. The lowest BCUT2D eigenvalue weighted by Crippen LogP contribution is -2.13. The summed E-state index contributed by atoms with van der Waals surface area (Å²) in [5.41, 5.74) is 5.82. The van der Waals surface area contributed by atoms with E-state index in [1.807, 2.05) is 24.3 Å². The van der Waals surface area contributed by atoms with Crippen LogP contribution in [0.3, 0.4) is 0 Å². The van der Waals surface area contributed by atoms with Gasteiger partial charge in [0.2, 0.25) is 5.91 Å². The van der Waals surface area contributed by atoms with E-state index in [0.717, 1.165) is 10.9 Å². The Bertz CT molecular complexity index is 497. The third-order valence-electron chi connectivity index (χ3n) is 1.77. The molecule has 0 saturated carbocycles. The molecule has 0 unspecified atom stereocenters. The van der Waals surface area contributed by atoms with Gasteiger partial charge in [0.25, 0.3) is 0 Å². The summed E-state index contributed by atoms with van der Waals surface area (Å²) < 4.78 is 0. The molecule has 0 aliphatic rings. The van der Waals surface area contributed by atoms with Gasteiger partial charge in [-0.1, -0.05) is 23.9 Å². The van der Waals surface area contributed by atoms with Gasteiger partial charge in [-0.05, 0) is 17.3 Å². The number of carbonyl (C=O) groups excluding carboxylic acids is 1. The predicted octanol–water partition coefficient (Wildman–Crippen LogP) is 0.602. The summed E-state index contributed by atoms with van der Waals surface area (Å²) >= 11 is 1.27. The fourth-order valence-corrected chi connectivity index (χ4v) is 1.85. The lowest BCUT2D eigenvalue weighted by molar-refractivity contribution is -0.115. The number of fused-ring (bicyclic) bond motifs is 1. The fraction of sp³-hybridized carbons (Fsp3) is 0.111. The first-order valence-corrected chi connectivity index (χ1v) is 5.25. The number of rotatable bonds is 3. The number of nitrogens with zero attached hydrogens (tertiary/aromatic N) is 3. The molecule has 0 bridgehead atoms. The molecule has 1 amide bonds. The van der Waals surface area contributed by atoms with Crippen LogP contribution in [-0.4, -0.2) is 27.1 Å². The van der Waals surface area contributed by atoms with Crippen LogP contribution in [0.2, 0.25) is 0 Å². The van der Waals surface area contributed by atoms with Crippen molar-refractivity contribution in [3.63, 3.8) is 0 Å². The molecule has 1 aromatic carbocycles. The van der Waals surface area contributed by atoms with E-state index < -0.39 is 0 Å². The number of amides is 1. The molecule has 0 spiro atoms. The highest BCUT2D eigenvalue weighted by molar-refractivity contribution is 8.00. The average Bonchev–Trinajstić information content (AvgIpc) is 2.26. The van der Waals surface area contributed by atoms with E-state index >= 15 is 0 Å². The summed E-state index contributed by atoms with van der Waals surface area (Å²) in [5.74, 6) is -0.175. The van der Waals surface area contributed by atoms with Crippen LogP contribution in [-0.2, 0) is 4.79 Å². The normalized spacial score (nSPS) is 10.4. The topological polar surface area (TPSA) is 81.8 Å². The van der Waals surface area contributed by atoms with E-state index in [0.29, 0.717) is 5.03 Å². The van der Waals surface area contributed by atoms with Gasteiger partial charge in [-0.25, -0.2) is 0 Å². The van der Waals surface area contributed by atoms with Crippen molar-refractivity contribution in [2.45, 2.75) is 5.03 Å². The van der Waals surface area contributed by atoms with Crippen LogP contribution in [0.1, 0.15) is 0 Å².